The van der Waals surface area contributed by atoms with Crippen molar-refractivity contribution in [1.82, 2.24) is 15.1 Å². The van der Waals surface area contributed by atoms with Gasteiger partial charge in [0.05, 0.1) is 11.3 Å². The summed E-state index contributed by atoms with van der Waals surface area (Å²) in [5, 5.41) is 17.3. The predicted molar refractivity (Wildman–Crippen MR) is 80.9 cm³/mol. The molecule has 2 aromatic rings. The fourth-order valence-electron chi connectivity index (χ4n) is 2.49. The van der Waals surface area contributed by atoms with Gasteiger partial charge in [-0.3, -0.25) is 4.79 Å². The van der Waals surface area contributed by atoms with E-state index in [1.165, 1.54) is 0 Å². The first-order valence-electron chi connectivity index (χ1n) is 7.35. The maximum absolute atomic E-state index is 12.3. The third kappa shape index (κ3) is 3.35. The normalized spacial score (nSPS) is 17.1. The van der Waals surface area contributed by atoms with Crippen LogP contribution in [0.25, 0.3) is 5.69 Å². The molecule has 6 nitrogen and oxygen atoms in total. The van der Waals surface area contributed by atoms with Gasteiger partial charge >= 0.3 is 0 Å². The number of amides is 1. The van der Waals surface area contributed by atoms with E-state index < -0.39 is 5.60 Å². The zero-order valence-electron chi connectivity index (χ0n) is 12.2. The Morgan fingerprint density at radius 2 is 2.18 bits per heavy atom. The highest BCUT2D eigenvalue weighted by Crippen LogP contribution is 2.19. The molecule has 6 heteroatoms. The zero-order chi connectivity index (χ0) is 15.4. The number of nitrogens with zero attached hydrogens (tertiary/aromatic N) is 2. The first-order chi connectivity index (χ1) is 10.7. The molecule has 0 atom stereocenters. The molecule has 1 aliphatic heterocycles. The van der Waals surface area contributed by atoms with Crippen LogP contribution in [0, 0.1) is 0 Å². The van der Waals surface area contributed by atoms with E-state index in [9.17, 15) is 9.90 Å². The number of rotatable bonds is 4. The second-order valence-corrected chi connectivity index (χ2v) is 5.52. The van der Waals surface area contributed by atoms with E-state index in [4.69, 9.17) is 4.74 Å². The van der Waals surface area contributed by atoms with Gasteiger partial charge < -0.3 is 15.2 Å². The number of hydrogen-bond donors (Lipinski definition) is 2. The number of ether oxygens (including phenoxy) is 1. The molecule has 1 amide bonds. The van der Waals surface area contributed by atoms with Gasteiger partial charge in [0.15, 0.2) is 0 Å². The highest BCUT2D eigenvalue weighted by molar-refractivity contribution is 5.94. The molecular formula is C16H19N3O3. The van der Waals surface area contributed by atoms with Crippen molar-refractivity contribution in [2.24, 2.45) is 0 Å². The number of benzene rings is 1. The molecule has 2 heterocycles. The number of aromatic nitrogens is 2. The van der Waals surface area contributed by atoms with Crippen LogP contribution in [-0.2, 0) is 4.74 Å². The quantitative estimate of drug-likeness (QED) is 0.888. The SMILES string of the molecule is O=C(NCC1(O)CCOCC1)c1cccc(-n2cccn2)c1. The second-order valence-electron chi connectivity index (χ2n) is 5.52. The Hall–Kier alpha value is -2.18. The van der Waals surface area contributed by atoms with E-state index in [2.05, 4.69) is 10.4 Å². The average Bonchev–Trinajstić information content (AvgIpc) is 3.08. The molecule has 1 aromatic carbocycles. The van der Waals surface area contributed by atoms with E-state index in [0.29, 0.717) is 31.6 Å². The van der Waals surface area contributed by atoms with Gasteiger partial charge in [-0.2, -0.15) is 5.10 Å². The van der Waals surface area contributed by atoms with Crippen molar-refractivity contribution in [2.75, 3.05) is 19.8 Å². The van der Waals surface area contributed by atoms with Gasteiger partial charge in [0, 0.05) is 50.6 Å². The molecule has 1 aliphatic rings. The minimum Gasteiger partial charge on any atom is -0.388 e. The molecular weight excluding hydrogens is 282 g/mol. The fourth-order valence-corrected chi connectivity index (χ4v) is 2.49. The number of carbonyl (C=O) groups is 1. The average molecular weight is 301 g/mol. The lowest BCUT2D eigenvalue weighted by molar-refractivity contribution is -0.0605. The number of carbonyl (C=O) groups excluding carboxylic acids is 1. The van der Waals surface area contributed by atoms with Gasteiger partial charge in [0.1, 0.15) is 0 Å². The van der Waals surface area contributed by atoms with Gasteiger partial charge in [-0.25, -0.2) is 4.68 Å². The van der Waals surface area contributed by atoms with Crippen molar-refractivity contribution >= 4 is 5.91 Å². The maximum Gasteiger partial charge on any atom is 0.251 e. The molecule has 116 valence electrons. The Morgan fingerprint density at radius 3 is 2.91 bits per heavy atom. The summed E-state index contributed by atoms with van der Waals surface area (Å²) in [6, 6.07) is 9.05. The monoisotopic (exact) mass is 301 g/mol. The Balaban J connectivity index is 1.66. The van der Waals surface area contributed by atoms with Crippen LogP contribution in [0.1, 0.15) is 23.2 Å². The van der Waals surface area contributed by atoms with Crippen molar-refractivity contribution in [1.29, 1.82) is 0 Å². The Kier molecular flexibility index (Phi) is 4.22. The van der Waals surface area contributed by atoms with Crippen molar-refractivity contribution < 1.29 is 14.6 Å². The van der Waals surface area contributed by atoms with Crippen molar-refractivity contribution in [3.63, 3.8) is 0 Å². The van der Waals surface area contributed by atoms with Crippen molar-refractivity contribution in [3.05, 3.63) is 48.3 Å². The van der Waals surface area contributed by atoms with Crippen LogP contribution in [0.15, 0.2) is 42.7 Å². The number of hydrogen-bond acceptors (Lipinski definition) is 4. The summed E-state index contributed by atoms with van der Waals surface area (Å²) in [6.45, 7) is 1.30. The van der Waals surface area contributed by atoms with Gasteiger partial charge in [-0.05, 0) is 24.3 Å². The summed E-state index contributed by atoms with van der Waals surface area (Å²) < 4.78 is 6.93. The van der Waals surface area contributed by atoms with Crippen LogP contribution in [0.4, 0.5) is 0 Å². The molecule has 1 saturated heterocycles. The third-order valence-electron chi connectivity index (χ3n) is 3.88. The first-order valence-corrected chi connectivity index (χ1v) is 7.35. The molecule has 22 heavy (non-hydrogen) atoms. The predicted octanol–water partition coefficient (Wildman–Crippen LogP) is 1.14. The number of aliphatic hydroxyl groups is 1. The Morgan fingerprint density at radius 1 is 1.36 bits per heavy atom. The van der Waals surface area contributed by atoms with Crippen LogP contribution >= 0.6 is 0 Å². The van der Waals surface area contributed by atoms with Crippen molar-refractivity contribution in [3.8, 4) is 5.69 Å². The molecule has 0 saturated carbocycles. The molecule has 0 radical (unpaired) electrons. The second kappa shape index (κ2) is 6.29. The standard InChI is InChI=1S/C16H19N3O3/c20-15(17-12-16(21)5-9-22-10-6-16)13-3-1-4-14(11-13)19-8-2-7-18-19/h1-4,7-8,11,21H,5-6,9-10,12H2,(H,17,20). The highest BCUT2D eigenvalue weighted by atomic mass is 16.5. The Labute approximate surface area is 128 Å². The summed E-state index contributed by atoms with van der Waals surface area (Å²) in [5.74, 6) is -0.200. The van der Waals surface area contributed by atoms with Crippen molar-refractivity contribution in [2.45, 2.75) is 18.4 Å². The topological polar surface area (TPSA) is 76.4 Å². The highest BCUT2D eigenvalue weighted by Gasteiger charge is 2.30. The lowest BCUT2D eigenvalue weighted by Gasteiger charge is -2.32. The van der Waals surface area contributed by atoms with Crippen LogP contribution in [0.5, 0.6) is 0 Å². The van der Waals surface area contributed by atoms with Gasteiger partial charge in [0.2, 0.25) is 0 Å². The first kappa shape index (κ1) is 14.7. The van der Waals surface area contributed by atoms with Crippen LogP contribution in [0.3, 0.4) is 0 Å². The van der Waals surface area contributed by atoms with E-state index in [0.717, 1.165) is 5.69 Å². The summed E-state index contributed by atoms with van der Waals surface area (Å²) in [5.41, 5.74) is 0.499. The van der Waals surface area contributed by atoms with Gasteiger partial charge in [-0.15, -0.1) is 0 Å². The smallest absolute Gasteiger partial charge is 0.251 e. The molecule has 0 aliphatic carbocycles. The lowest BCUT2D eigenvalue weighted by Crippen LogP contribution is -2.46. The van der Waals surface area contributed by atoms with E-state index in [1.807, 2.05) is 24.4 Å². The molecule has 1 fully saturated rings. The number of nitrogens with one attached hydrogen (secondary N) is 1. The largest absolute Gasteiger partial charge is 0.388 e. The molecule has 0 unspecified atom stereocenters. The molecule has 0 bridgehead atoms. The van der Waals surface area contributed by atoms with E-state index in [-0.39, 0.29) is 12.5 Å². The fraction of sp³-hybridized carbons (Fsp3) is 0.375. The van der Waals surface area contributed by atoms with Crippen LogP contribution in [0.2, 0.25) is 0 Å². The van der Waals surface area contributed by atoms with E-state index in [1.54, 1.807) is 23.0 Å². The minimum atomic E-state index is -0.868. The van der Waals surface area contributed by atoms with Gasteiger partial charge in [0.25, 0.3) is 5.91 Å². The zero-order valence-corrected chi connectivity index (χ0v) is 12.2. The summed E-state index contributed by atoms with van der Waals surface area (Å²) in [4.78, 5) is 12.3. The molecule has 0 spiro atoms. The van der Waals surface area contributed by atoms with E-state index >= 15 is 0 Å². The van der Waals surface area contributed by atoms with Crippen LogP contribution < -0.4 is 5.32 Å². The molecule has 1 aromatic heterocycles. The minimum absolute atomic E-state index is 0.200. The third-order valence-corrected chi connectivity index (χ3v) is 3.88. The summed E-state index contributed by atoms with van der Waals surface area (Å²) in [6.07, 6.45) is 4.59. The summed E-state index contributed by atoms with van der Waals surface area (Å²) in [7, 11) is 0. The van der Waals surface area contributed by atoms with Gasteiger partial charge in [-0.1, -0.05) is 6.07 Å². The lowest BCUT2D eigenvalue weighted by atomic mass is 9.94. The summed E-state index contributed by atoms with van der Waals surface area (Å²) >= 11 is 0. The maximum atomic E-state index is 12.3. The molecule has 2 N–H and O–H groups in total. The molecule has 3 rings (SSSR count). The van der Waals surface area contributed by atoms with Crippen LogP contribution in [-0.4, -0.2) is 46.2 Å². The Bertz CT molecular complexity index is 634.